The summed E-state index contributed by atoms with van der Waals surface area (Å²) in [6.07, 6.45) is 6.07. The fourth-order valence-electron chi connectivity index (χ4n) is 4.48. The maximum absolute atomic E-state index is 12.9. The predicted octanol–water partition coefficient (Wildman–Crippen LogP) is 2.63. The minimum atomic E-state index is -0.779. The fourth-order valence-corrected chi connectivity index (χ4v) is 4.48. The second kappa shape index (κ2) is 12.8. The Kier molecular flexibility index (Phi) is 10.4. The van der Waals surface area contributed by atoms with Crippen molar-refractivity contribution in [3.05, 3.63) is 23.8 Å². The number of methoxy groups -OCH3 is 1. The van der Waals surface area contributed by atoms with Crippen molar-refractivity contribution >= 4 is 23.6 Å². The highest BCUT2D eigenvalue weighted by Gasteiger charge is 2.31. The summed E-state index contributed by atoms with van der Waals surface area (Å²) in [6.45, 7) is 5.41. The van der Waals surface area contributed by atoms with Crippen molar-refractivity contribution in [3.63, 3.8) is 0 Å². The molecule has 5 atom stereocenters. The SMILES string of the molecule is CO[C@H]1C=CCCC(=O)O[C@H]([C@H](C)C(=O)CCCC2CC(=O)NC(=O)C2)C(C)=C[C@@H](C)[C@@H]1O. The first-order chi connectivity index (χ1) is 15.6. The van der Waals surface area contributed by atoms with Gasteiger partial charge in [0.25, 0.3) is 0 Å². The number of cyclic esters (lactones) is 1. The molecule has 184 valence electrons. The number of hydrogen-bond acceptors (Lipinski definition) is 7. The Morgan fingerprint density at radius 2 is 1.94 bits per heavy atom. The molecule has 2 aliphatic heterocycles. The number of ether oxygens (including phenoxy) is 2. The van der Waals surface area contributed by atoms with Crippen LogP contribution in [0.1, 0.15) is 65.7 Å². The summed E-state index contributed by atoms with van der Waals surface area (Å²) in [5.74, 6) is -1.83. The average Bonchev–Trinajstić information content (AvgIpc) is 2.75. The number of carbonyl (C=O) groups is 4. The molecule has 2 rings (SSSR count). The molecule has 0 spiro atoms. The lowest BCUT2D eigenvalue weighted by molar-refractivity contribution is -0.151. The van der Waals surface area contributed by atoms with Crippen molar-refractivity contribution in [1.82, 2.24) is 5.32 Å². The van der Waals surface area contributed by atoms with Crippen molar-refractivity contribution in [1.29, 1.82) is 0 Å². The maximum atomic E-state index is 12.9. The Hall–Kier alpha value is -2.32. The lowest BCUT2D eigenvalue weighted by atomic mass is 9.86. The predicted molar refractivity (Wildman–Crippen MR) is 122 cm³/mol. The van der Waals surface area contributed by atoms with Gasteiger partial charge in [0.15, 0.2) is 0 Å². The van der Waals surface area contributed by atoms with E-state index in [0.29, 0.717) is 37.7 Å². The molecular formula is C25H37NO7. The maximum Gasteiger partial charge on any atom is 0.306 e. The van der Waals surface area contributed by atoms with E-state index in [0.717, 1.165) is 0 Å². The van der Waals surface area contributed by atoms with Crippen LogP contribution in [0.4, 0.5) is 0 Å². The van der Waals surface area contributed by atoms with E-state index in [1.165, 1.54) is 7.11 Å². The zero-order chi connectivity index (χ0) is 24.5. The number of rotatable bonds is 7. The van der Waals surface area contributed by atoms with Crippen LogP contribution in [-0.4, -0.2) is 54.1 Å². The molecular weight excluding hydrogens is 426 g/mol. The number of esters is 1. The van der Waals surface area contributed by atoms with E-state index in [1.54, 1.807) is 26.0 Å². The second-order valence-corrected chi connectivity index (χ2v) is 9.23. The lowest BCUT2D eigenvalue weighted by Crippen LogP contribution is -2.38. The van der Waals surface area contributed by atoms with E-state index in [4.69, 9.17) is 9.47 Å². The van der Waals surface area contributed by atoms with Crippen LogP contribution in [0.2, 0.25) is 0 Å². The number of ketones is 1. The van der Waals surface area contributed by atoms with Crippen LogP contribution in [0, 0.1) is 17.8 Å². The highest BCUT2D eigenvalue weighted by Crippen LogP contribution is 2.26. The van der Waals surface area contributed by atoms with Crippen molar-refractivity contribution < 1.29 is 33.8 Å². The van der Waals surface area contributed by atoms with Crippen molar-refractivity contribution in [2.75, 3.05) is 7.11 Å². The van der Waals surface area contributed by atoms with E-state index in [2.05, 4.69) is 5.32 Å². The van der Waals surface area contributed by atoms with Gasteiger partial charge in [0.05, 0.1) is 12.0 Å². The zero-order valence-corrected chi connectivity index (χ0v) is 20.0. The van der Waals surface area contributed by atoms with Crippen molar-refractivity contribution in [2.45, 2.75) is 84.0 Å². The molecule has 0 aromatic rings. The standard InChI is InChI=1S/C25H37NO7/c1-15-12-16(2)25(33-23(30)11-6-5-10-20(32-4)24(15)31)17(3)19(27)9-7-8-18-13-21(28)26-22(29)14-18/h5,10,12,15,17-18,20,24-25,31H,6-9,11,13-14H2,1-4H3,(H,26,28,29)/t15-,17-,20+,24+,25+/m1/s1. The first-order valence-corrected chi connectivity index (χ1v) is 11.7. The van der Waals surface area contributed by atoms with E-state index in [9.17, 15) is 24.3 Å². The summed E-state index contributed by atoms with van der Waals surface area (Å²) in [6, 6.07) is 0. The topological polar surface area (TPSA) is 119 Å². The van der Waals surface area contributed by atoms with Gasteiger partial charge in [-0.1, -0.05) is 32.1 Å². The number of aliphatic hydroxyl groups is 1. The number of allylic oxidation sites excluding steroid dienone is 1. The molecule has 33 heavy (non-hydrogen) atoms. The number of hydrogen-bond donors (Lipinski definition) is 2. The number of amides is 2. The van der Waals surface area contributed by atoms with Gasteiger partial charge in [0.2, 0.25) is 11.8 Å². The van der Waals surface area contributed by atoms with Gasteiger partial charge in [-0.05, 0) is 37.7 Å². The molecule has 8 nitrogen and oxygen atoms in total. The molecule has 2 heterocycles. The molecule has 0 aliphatic carbocycles. The Balaban J connectivity index is 2.06. The largest absolute Gasteiger partial charge is 0.457 e. The van der Waals surface area contributed by atoms with Crippen molar-refractivity contribution in [3.8, 4) is 0 Å². The van der Waals surface area contributed by atoms with Crippen LogP contribution in [0.3, 0.4) is 0 Å². The summed E-state index contributed by atoms with van der Waals surface area (Å²) in [5.41, 5.74) is 0.713. The Morgan fingerprint density at radius 1 is 1.27 bits per heavy atom. The van der Waals surface area contributed by atoms with Crippen LogP contribution in [0.15, 0.2) is 23.8 Å². The van der Waals surface area contributed by atoms with Gasteiger partial charge in [-0.2, -0.15) is 0 Å². The molecule has 8 heteroatoms. The summed E-state index contributed by atoms with van der Waals surface area (Å²) in [7, 11) is 1.53. The molecule has 2 amide bonds. The molecule has 1 saturated heterocycles. The highest BCUT2D eigenvalue weighted by molar-refractivity contribution is 5.97. The van der Waals surface area contributed by atoms with Gasteiger partial charge in [-0.25, -0.2) is 0 Å². The quantitative estimate of drug-likeness (QED) is 0.338. The third-order valence-electron chi connectivity index (χ3n) is 6.45. The minimum absolute atomic E-state index is 0.0397. The van der Waals surface area contributed by atoms with E-state index in [1.807, 2.05) is 13.0 Å². The first-order valence-electron chi connectivity index (χ1n) is 11.7. The minimum Gasteiger partial charge on any atom is -0.457 e. The van der Waals surface area contributed by atoms with Crippen LogP contribution in [0.25, 0.3) is 0 Å². The number of Topliss-reactive ketones (excluding diaryl/α,β-unsaturated/α-hetero) is 1. The van der Waals surface area contributed by atoms with E-state index in [-0.39, 0.29) is 48.2 Å². The Labute approximate surface area is 195 Å². The van der Waals surface area contributed by atoms with Crippen LogP contribution >= 0.6 is 0 Å². The number of carbonyl (C=O) groups excluding carboxylic acids is 4. The first kappa shape index (κ1) is 26.9. The molecule has 0 saturated carbocycles. The van der Waals surface area contributed by atoms with E-state index >= 15 is 0 Å². The normalized spacial score (nSPS) is 28.8. The number of piperidine rings is 1. The van der Waals surface area contributed by atoms with Gasteiger partial charge in [0.1, 0.15) is 18.0 Å². The Bertz CT molecular complexity index is 772. The number of imide groups is 1. The zero-order valence-electron chi connectivity index (χ0n) is 20.0. The second-order valence-electron chi connectivity index (χ2n) is 9.23. The molecule has 0 radical (unpaired) electrons. The molecule has 1 fully saturated rings. The molecule has 2 aliphatic rings. The molecule has 0 aromatic carbocycles. The highest BCUT2D eigenvalue weighted by atomic mass is 16.5. The summed E-state index contributed by atoms with van der Waals surface area (Å²) >= 11 is 0. The average molecular weight is 464 g/mol. The number of aliphatic hydroxyl groups excluding tert-OH is 1. The third kappa shape index (κ3) is 8.19. The lowest BCUT2D eigenvalue weighted by Gasteiger charge is -2.28. The van der Waals surface area contributed by atoms with Crippen LogP contribution < -0.4 is 5.32 Å². The Morgan fingerprint density at radius 3 is 2.58 bits per heavy atom. The van der Waals surface area contributed by atoms with Gasteiger partial charge in [0, 0.05) is 38.7 Å². The number of nitrogens with one attached hydrogen (secondary N) is 1. The molecule has 0 aromatic heterocycles. The van der Waals surface area contributed by atoms with Crippen LogP contribution in [0.5, 0.6) is 0 Å². The summed E-state index contributed by atoms with van der Waals surface area (Å²) in [4.78, 5) is 48.4. The van der Waals surface area contributed by atoms with Crippen molar-refractivity contribution in [2.24, 2.45) is 17.8 Å². The molecule has 0 unspecified atom stereocenters. The van der Waals surface area contributed by atoms with Gasteiger partial charge >= 0.3 is 5.97 Å². The summed E-state index contributed by atoms with van der Waals surface area (Å²) < 4.78 is 11.1. The van der Waals surface area contributed by atoms with Gasteiger partial charge in [-0.3, -0.25) is 24.5 Å². The molecule has 2 N–H and O–H groups in total. The third-order valence-corrected chi connectivity index (χ3v) is 6.45. The molecule has 0 bridgehead atoms. The smallest absolute Gasteiger partial charge is 0.306 e. The fraction of sp³-hybridized carbons (Fsp3) is 0.680. The van der Waals surface area contributed by atoms with E-state index < -0.39 is 24.2 Å². The van der Waals surface area contributed by atoms with Gasteiger partial charge < -0.3 is 14.6 Å². The summed E-state index contributed by atoms with van der Waals surface area (Å²) in [5, 5.41) is 12.9. The van der Waals surface area contributed by atoms with Gasteiger partial charge in [-0.15, -0.1) is 0 Å². The van der Waals surface area contributed by atoms with Crippen LogP contribution in [-0.2, 0) is 28.7 Å². The monoisotopic (exact) mass is 463 g/mol.